The van der Waals surface area contributed by atoms with Gasteiger partial charge in [0.15, 0.2) is 0 Å². The largest absolute Gasteiger partial charge is 0.497 e. The maximum Gasteiger partial charge on any atom is 0.253 e. The molecule has 0 fully saturated rings. The fraction of sp³-hybridized carbons (Fsp3) is 0.235. The van der Waals surface area contributed by atoms with E-state index in [-0.39, 0.29) is 22.5 Å². The van der Waals surface area contributed by atoms with Gasteiger partial charge in [0, 0.05) is 5.69 Å². The molecular weight excluding hydrogens is 364 g/mol. The lowest BCUT2D eigenvalue weighted by Crippen LogP contribution is -2.26. The number of nitrogens with one attached hydrogen (secondary N) is 2. The summed E-state index contributed by atoms with van der Waals surface area (Å²) in [5.41, 5.74) is 1.48. The molecule has 0 aromatic heterocycles. The first-order valence-corrected chi connectivity index (χ1v) is 9.68. The molecule has 0 aliphatic heterocycles. The molecule has 6 nitrogen and oxygen atoms in total. The Morgan fingerprint density at radius 3 is 2.32 bits per heavy atom. The maximum absolute atomic E-state index is 12.4. The van der Waals surface area contributed by atoms with Gasteiger partial charge >= 0.3 is 0 Å². The van der Waals surface area contributed by atoms with Crippen molar-refractivity contribution in [3.8, 4) is 5.75 Å². The smallest absolute Gasteiger partial charge is 0.253 e. The summed E-state index contributed by atoms with van der Waals surface area (Å²) in [6, 6.07) is 11.5. The van der Waals surface area contributed by atoms with E-state index in [4.69, 9.17) is 16.3 Å². The number of rotatable bonds is 6. The van der Waals surface area contributed by atoms with Crippen LogP contribution in [0, 0.1) is 0 Å². The Kier molecular flexibility index (Phi) is 5.92. The number of hydrogen-bond acceptors (Lipinski definition) is 4. The highest BCUT2D eigenvalue weighted by Gasteiger charge is 2.15. The van der Waals surface area contributed by atoms with Crippen LogP contribution < -0.4 is 14.8 Å². The predicted octanol–water partition coefficient (Wildman–Crippen LogP) is 3.21. The minimum atomic E-state index is -3.41. The van der Waals surface area contributed by atoms with E-state index in [0.29, 0.717) is 5.69 Å². The van der Waals surface area contributed by atoms with Crippen LogP contribution in [0.15, 0.2) is 42.5 Å². The molecule has 2 N–H and O–H groups in total. The van der Waals surface area contributed by atoms with E-state index < -0.39 is 10.0 Å². The van der Waals surface area contributed by atoms with Gasteiger partial charge in [-0.25, -0.2) is 8.42 Å². The molecule has 0 saturated heterocycles. The molecule has 1 amide bonds. The zero-order chi connectivity index (χ0) is 18.6. The summed E-state index contributed by atoms with van der Waals surface area (Å²) < 4.78 is 29.9. The van der Waals surface area contributed by atoms with E-state index >= 15 is 0 Å². The van der Waals surface area contributed by atoms with Gasteiger partial charge in [-0.15, -0.1) is 0 Å². The SMILES string of the molecule is COc1ccc(C(C)NC(=O)c2ccc(NS(C)(=O)=O)cc2Cl)cc1. The molecule has 0 heterocycles. The molecule has 134 valence electrons. The van der Waals surface area contributed by atoms with Crippen molar-refractivity contribution in [1.82, 2.24) is 5.32 Å². The number of benzene rings is 2. The van der Waals surface area contributed by atoms with Gasteiger partial charge in [-0.1, -0.05) is 23.7 Å². The van der Waals surface area contributed by atoms with Crippen LogP contribution >= 0.6 is 11.6 Å². The van der Waals surface area contributed by atoms with Gasteiger partial charge in [0.25, 0.3) is 5.91 Å². The fourth-order valence-electron chi connectivity index (χ4n) is 2.23. The standard InChI is InChI=1S/C17H19ClN2O4S/c1-11(12-4-7-14(24-2)8-5-12)19-17(21)15-9-6-13(10-16(15)18)20-25(3,22)23/h4-11,20H,1-3H3,(H,19,21). The topological polar surface area (TPSA) is 84.5 Å². The highest BCUT2D eigenvalue weighted by molar-refractivity contribution is 7.92. The average Bonchev–Trinajstić information content (AvgIpc) is 2.53. The van der Waals surface area contributed by atoms with E-state index in [1.54, 1.807) is 7.11 Å². The lowest BCUT2D eigenvalue weighted by molar-refractivity contribution is 0.0940. The number of sulfonamides is 1. The summed E-state index contributed by atoms with van der Waals surface area (Å²) in [4.78, 5) is 12.4. The minimum absolute atomic E-state index is 0.160. The Morgan fingerprint density at radius 2 is 1.80 bits per heavy atom. The molecule has 0 aliphatic carbocycles. The van der Waals surface area contributed by atoms with Crippen LogP contribution in [0.25, 0.3) is 0 Å². The lowest BCUT2D eigenvalue weighted by Gasteiger charge is -2.16. The van der Waals surface area contributed by atoms with Crippen LogP contribution in [-0.2, 0) is 10.0 Å². The van der Waals surface area contributed by atoms with E-state index in [0.717, 1.165) is 17.6 Å². The molecule has 1 atom stereocenters. The van der Waals surface area contributed by atoms with Crippen molar-refractivity contribution < 1.29 is 17.9 Å². The number of halogens is 1. The summed E-state index contributed by atoms with van der Waals surface area (Å²) in [5, 5.41) is 3.02. The summed E-state index contributed by atoms with van der Waals surface area (Å²) in [5.74, 6) is 0.388. The zero-order valence-electron chi connectivity index (χ0n) is 14.0. The van der Waals surface area contributed by atoms with Gasteiger partial charge in [0.05, 0.1) is 30.0 Å². The van der Waals surface area contributed by atoms with Crippen molar-refractivity contribution >= 4 is 33.2 Å². The average molecular weight is 383 g/mol. The Balaban J connectivity index is 2.11. The predicted molar refractivity (Wildman–Crippen MR) is 98.8 cm³/mol. The Hall–Kier alpha value is -2.25. The summed E-state index contributed by atoms with van der Waals surface area (Å²) in [6.07, 6.45) is 1.04. The second kappa shape index (κ2) is 7.76. The Labute approximate surface area is 152 Å². The Bertz CT molecular complexity index is 867. The third-order valence-electron chi connectivity index (χ3n) is 3.48. The van der Waals surface area contributed by atoms with Crippen molar-refractivity contribution in [2.24, 2.45) is 0 Å². The Morgan fingerprint density at radius 1 is 1.16 bits per heavy atom. The lowest BCUT2D eigenvalue weighted by atomic mass is 10.1. The van der Waals surface area contributed by atoms with Gasteiger partial charge in [-0.05, 0) is 42.8 Å². The molecule has 2 aromatic carbocycles. The van der Waals surface area contributed by atoms with Gasteiger partial charge in [0.2, 0.25) is 10.0 Å². The zero-order valence-corrected chi connectivity index (χ0v) is 15.6. The number of amides is 1. The molecule has 0 saturated carbocycles. The highest BCUT2D eigenvalue weighted by Crippen LogP contribution is 2.23. The van der Waals surface area contributed by atoms with E-state index in [1.165, 1.54) is 18.2 Å². The molecule has 0 radical (unpaired) electrons. The van der Waals surface area contributed by atoms with Crippen molar-refractivity contribution in [2.45, 2.75) is 13.0 Å². The van der Waals surface area contributed by atoms with Crippen LogP contribution in [-0.4, -0.2) is 27.7 Å². The fourth-order valence-corrected chi connectivity index (χ4v) is 3.05. The van der Waals surface area contributed by atoms with Gasteiger partial charge in [-0.2, -0.15) is 0 Å². The molecule has 1 unspecified atom stereocenters. The number of anilines is 1. The normalized spacial score (nSPS) is 12.3. The summed E-state index contributed by atoms with van der Waals surface area (Å²) >= 11 is 6.11. The third-order valence-corrected chi connectivity index (χ3v) is 4.40. The van der Waals surface area contributed by atoms with Crippen LogP contribution in [0.4, 0.5) is 5.69 Å². The van der Waals surface area contributed by atoms with Crippen LogP contribution in [0.5, 0.6) is 5.75 Å². The second-order valence-electron chi connectivity index (χ2n) is 5.54. The first-order valence-electron chi connectivity index (χ1n) is 7.42. The number of carbonyl (C=O) groups excluding carboxylic acids is 1. The maximum atomic E-state index is 12.4. The molecule has 0 aliphatic rings. The van der Waals surface area contributed by atoms with Crippen LogP contribution in [0.3, 0.4) is 0 Å². The molecular formula is C17H19ClN2O4S. The first kappa shape index (κ1) is 19.1. The van der Waals surface area contributed by atoms with Gasteiger partial charge < -0.3 is 10.1 Å². The molecule has 2 rings (SSSR count). The third kappa shape index (κ3) is 5.37. The highest BCUT2D eigenvalue weighted by atomic mass is 35.5. The van der Waals surface area contributed by atoms with Crippen molar-refractivity contribution in [1.29, 1.82) is 0 Å². The second-order valence-corrected chi connectivity index (χ2v) is 7.69. The van der Waals surface area contributed by atoms with Crippen LogP contribution in [0.1, 0.15) is 28.9 Å². The van der Waals surface area contributed by atoms with E-state index in [9.17, 15) is 13.2 Å². The first-order chi connectivity index (χ1) is 11.7. The minimum Gasteiger partial charge on any atom is -0.497 e. The molecule has 25 heavy (non-hydrogen) atoms. The number of hydrogen-bond donors (Lipinski definition) is 2. The quantitative estimate of drug-likeness (QED) is 0.803. The number of methoxy groups -OCH3 is 1. The molecule has 8 heteroatoms. The molecule has 2 aromatic rings. The van der Waals surface area contributed by atoms with Crippen molar-refractivity contribution in [3.05, 3.63) is 58.6 Å². The number of carbonyl (C=O) groups is 1. The molecule has 0 bridgehead atoms. The monoisotopic (exact) mass is 382 g/mol. The summed E-state index contributed by atoms with van der Waals surface area (Å²) in [7, 11) is -1.82. The number of ether oxygens (including phenoxy) is 1. The van der Waals surface area contributed by atoms with Gasteiger partial charge in [0.1, 0.15) is 5.75 Å². The van der Waals surface area contributed by atoms with E-state index in [1.807, 2.05) is 31.2 Å². The van der Waals surface area contributed by atoms with E-state index in [2.05, 4.69) is 10.0 Å². The van der Waals surface area contributed by atoms with Gasteiger partial charge in [-0.3, -0.25) is 9.52 Å². The van der Waals surface area contributed by atoms with Crippen LogP contribution in [0.2, 0.25) is 5.02 Å². The van der Waals surface area contributed by atoms with Crippen molar-refractivity contribution in [2.75, 3.05) is 18.1 Å². The molecule has 0 spiro atoms. The van der Waals surface area contributed by atoms with Crippen molar-refractivity contribution in [3.63, 3.8) is 0 Å². The summed E-state index contributed by atoms with van der Waals surface area (Å²) in [6.45, 7) is 1.85.